The average Bonchev–Trinajstić information content (AvgIpc) is 2.42. The molecule has 0 fully saturated rings. The standard InChI is InChI=1S/C15H25NO4S/c1-4-16-12-13-8-6-9-14(19-5-2)15(13)20-10-7-11-21(3,17)18/h6,8-9,16H,4-5,7,10-12H2,1-3H3. The van der Waals surface area contributed by atoms with Crippen molar-refractivity contribution >= 4 is 9.84 Å². The van der Waals surface area contributed by atoms with Gasteiger partial charge in [0.1, 0.15) is 9.84 Å². The Morgan fingerprint density at radius 1 is 1.19 bits per heavy atom. The third-order valence-corrected chi connectivity index (χ3v) is 3.86. The van der Waals surface area contributed by atoms with Gasteiger partial charge in [0, 0.05) is 18.4 Å². The van der Waals surface area contributed by atoms with Gasteiger partial charge in [-0.1, -0.05) is 19.1 Å². The van der Waals surface area contributed by atoms with Gasteiger partial charge < -0.3 is 14.8 Å². The topological polar surface area (TPSA) is 64.6 Å². The quantitative estimate of drug-likeness (QED) is 0.669. The molecule has 0 aromatic heterocycles. The van der Waals surface area contributed by atoms with Crippen molar-refractivity contribution < 1.29 is 17.9 Å². The third kappa shape index (κ3) is 6.82. The van der Waals surface area contributed by atoms with Crippen LogP contribution in [0.2, 0.25) is 0 Å². The first-order chi connectivity index (χ1) is 9.98. The van der Waals surface area contributed by atoms with Crippen molar-refractivity contribution in [3.63, 3.8) is 0 Å². The fourth-order valence-electron chi connectivity index (χ4n) is 1.89. The number of ether oxygens (including phenoxy) is 2. The molecular weight excluding hydrogens is 290 g/mol. The summed E-state index contributed by atoms with van der Waals surface area (Å²) in [6.07, 6.45) is 1.71. The highest BCUT2D eigenvalue weighted by molar-refractivity contribution is 7.90. The summed E-state index contributed by atoms with van der Waals surface area (Å²) < 4.78 is 33.6. The molecule has 1 rings (SSSR count). The summed E-state index contributed by atoms with van der Waals surface area (Å²) in [7, 11) is -2.95. The van der Waals surface area contributed by atoms with Crippen molar-refractivity contribution in [2.45, 2.75) is 26.8 Å². The predicted molar refractivity (Wildman–Crippen MR) is 84.8 cm³/mol. The summed E-state index contributed by atoms with van der Waals surface area (Å²) >= 11 is 0. The molecule has 1 N–H and O–H groups in total. The zero-order valence-corrected chi connectivity index (χ0v) is 13.8. The van der Waals surface area contributed by atoms with Crippen LogP contribution in [0.4, 0.5) is 0 Å². The Kier molecular flexibility index (Phi) is 7.53. The van der Waals surface area contributed by atoms with Crippen LogP contribution in [-0.2, 0) is 16.4 Å². The van der Waals surface area contributed by atoms with Crippen LogP contribution in [0, 0.1) is 0 Å². The van der Waals surface area contributed by atoms with E-state index in [-0.39, 0.29) is 5.75 Å². The molecule has 0 saturated heterocycles. The molecule has 0 radical (unpaired) electrons. The number of para-hydroxylation sites is 1. The number of hydrogen-bond acceptors (Lipinski definition) is 5. The van der Waals surface area contributed by atoms with Crippen LogP contribution in [0.5, 0.6) is 11.5 Å². The largest absolute Gasteiger partial charge is 0.490 e. The van der Waals surface area contributed by atoms with E-state index in [2.05, 4.69) is 5.32 Å². The number of sulfone groups is 1. The summed E-state index contributed by atoms with van der Waals surface area (Å²) in [5.41, 5.74) is 1.02. The Morgan fingerprint density at radius 3 is 2.57 bits per heavy atom. The zero-order valence-electron chi connectivity index (χ0n) is 13.0. The second kappa shape index (κ2) is 8.89. The molecule has 21 heavy (non-hydrogen) atoms. The van der Waals surface area contributed by atoms with Gasteiger partial charge in [0.25, 0.3) is 0 Å². The van der Waals surface area contributed by atoms with E-state index >= 15 is 0 Å². The molecule has 5 nitrogen and oxygen atoms in total. The fraction of sp³-hybridized carbons (Fsp3) is 0.600. The fourth-order valence-corrected chi connectivity index (χ4v) is 2.53. The molecular formula is C15H25NO4S. The van der Waals surface area contributed by atoms with Crippen LogP contribution in [0.15, 0.2) is 18.2 Å². The molecule has 6 heteroatoms. The lowest BCUT2D eigenvalue weighted by Crippen LogP contribution is -2.14. The number of nitrogens with one attached hydrogen (secondary N) is 1. The van der Waals surface area contributed by atoms with Gasteiger partial charge in [-0.25, -0.2) is 8.42 Å². The maximum Gasteiger partial charge on any atom is 0.165 e. The molecule has 0 bridgehead atoms. The summed E-state index contributed by atoms with van der Waals surface area (Å²) in [6.45, 7) is 6.44. The van der Waals surface area contributed by atoms with Crippen molar-refractivity contribution in [1.29, 1.82) is 0 Å². The van der Waals surface area contributed by atoms with E-state index < -0.39 is 9.84 Å². The van der Waals surface area contributed by atoms with Gasteiger partial charge in [-0.2, -0.15) is 0 Å². The third-order valence-electron chi connectivity index (χ3n) is 2.83. The van der Waals surface area contributed by atoms with Crippen LogP contribution in [-0.4, -0.2) is 40.2 Å². The van der Waals surface area contributed by atoms with E-state index in [9.17, 15) is 8.42 Å². The summed E-state index contributed by atoms with van der Waals surface area (Å²) in [5.74, 6) is 1.54. The molecule has 0 aliphatic heterocycles. The summed E-state index contributed by atoms with van der Waals surface area (Å²) in [6, 6.07) is 5.78. The second-order valence-corrected chi connectivity index (χ2v) is 7.05. The lowest BCUT2D eigenvalue weighted by atomic mass is 10.2. The SMILES string of the molecule is CCNCc1cccc(OCC)c1OCCCS(C)(=O)=O. The highest BCUT2D eigenvalue weighted by atomic mass is 32.2. The maximum atomic E-state index is 11.1. The minimum atomic E-state index is -2.95. The van der Waals surface area contributed by atoms with Crippen molar-refractivity contribution in [3.05, 3.63) is 23.8 Å². The minimum absolute atomic E-state index is 0.131. The highest BCUT2D eigenvalue weighted by Gasteiger charge is 2.11. The number of benzene rings is 1. The molecule has 0 aliphatic carbocycles. The molecule has 0 aliphatic rings. The summed E-state index contributed by atoms with van der Waals surface area (Å²) in [5, 5.41) is 3.26. The van der Waals surface area contributed by atoms with Gasteiger partial charge in [0.2, 0.25) is 0 Å². The maximum absolute atomic E-state index is 11.1. The minimum Gasteiger partial charge on any atom is -0.490 e. The van der Waals surface area contributed by atoms with Crippen LogP contribution >= 0.6 is 0 Å². The first-order valence-electron chi connectivity index (χ1n) is 7.23. The molecule has 1 aromatic carbocycles. The van der Waals surface area contributed by atoms with E-state index in [1.807, 2.05) is 32.0 Å². The molecule has 0 amide bonds. The normalized spacial score (nSPS) is 11.4. The molecule has 0 saturated carbocycles. The van der Waals surface area contributed by atoms with E-state index in [0.29, 0.717) is 37.7 Å². The molecule has 120 valence electrons. The predicted octanol–water partition coefficient (Wildman–Crippen LogP) is 2.01. The molecule has 0 atom stereocenters. The Bertz CT molecular complexity index is 528. The number of hydrogen-bond donors (Lipinski definition) is 1. The van der Waals surface area contributed by atoms with E-state index in [0.717, 1.165) is 12.1 Å². The first kappa shape index (κ1) is 17.8. The Hall–Kier alpha value is -1.27. The van der Waals surface area contributed by atoms with Gasteiger partial charge in [0.15, 0.2) is 11.5 Å². The van der Waals surface area contributed by atoms with Crippen LogP contribution in [0.25, 0.3) is 0 Å². The van der Waals surface area contributed by atoms with Gasteiger partial charge in [0.05, 0.1) is 19.0 Å². The Balaban J connectivity index is 2.75. The van der Waals surface area contributed by atoms with Crippen LogP contribution in [0.1, 0.15) is 25.8 Å². The van der Waals surface area contributed by atoms with Crippen molar-refractivity contribution in [3.8, 4) is 11.5 Å². The second-order valence-electron chi connectivity index (χ2n) is 4.79. The smallest absolute Gasteiger partial charge is 0.165 e. The molecule has 0 unspecified atom stereocenters. The molecule has 1 aromatic rings. The Morgan fingerprint density at radius 2 is 1.95 bits per heavy atom. The average molecular weight is 315 g/mol. The number of rotatable bonds is 10. The lowest BCUT2D eigenvalue weighted by Gasteiger charge is -2.16. The van der Waals surface area contributed by atoms with Crippen LogP contribution in [0.3, 0.4) is 0 Å². The van der Waals surface area contributed by atoms with Crippen molar-refractivity contribution in [1.82, 2.24) is 5.32 Å². The monoisotopic (exact) mass is 315 g/mol. The van der Waals surface area contributed by atoms with Crippen LogP contribution < -0.4 is 14.8 Å². The first-order valence-corrected chi connectivity index (χ1v) is 9.30. The van der Waals surface area contributed by atoms with Gasteiger partial charge in [-0.3, -0.25) is 0 Å². The van der Waals surface area contributed by atoms with Gasteiger partial charge in [-0.15, -0.1) is 0 Å². The molecule has 0 spiro atoms. The molecule has 0 heterocycles. The van der Waals surface area contributed by atoms with E-state index in [4.69, 9.17) is 9.47 Å². The summed E-state index contributed by atoms with van der Waals surface area (Å²) in [4.78, 5) is 0. The van der Waals surface area contributed by atoms with Crippen molar-refractivity contribution in [2.75, 3.05) is 31.8 Å². The van der Waals surface area contributed by atoms with E-state index in [1.54, 1.807) is 0 Å². The highest BCUT2D eigenvalue weighted by Crippen LogP contribution is 2.31. The van der Waals surface area contributed by atoms with E-state index in [1.165, 1.54) is 6.26 Å². The van der Waals surface area contributed by atoms with Gasteiger partial charge in [-0.05, 0) is 26.0 Å². The van der Waals surface area contributed by atoms with Crippen molar-refractivity contribution in [2.24, 2.45) is 0 Å². The lowest BCUT2D eigenvalue weighted by molar-refractivity contribution is 0.274. The van der Waals surface area contributed by atoms with Gasteiger partial charge >= 0.3 is 0 Å². The zero-order chi connectivity index (χ0) is 15.7. The Labute approximate surface area is 127 Å².